The van der Waals surface area contributed by atoms with E-state index in [1.807, 2.05) is 31.2 Å². The Morgan fingerprint density at radius 3 is 2.80 bits per heavy atom. The number of hydrogen-bond acceptors (Lipinski definition) is 6. The van der Waals surface area contributed by atoms with Gasteiger partial charge in [-0.3, -0.25) is 0 Å². The third-order valence-electron chi connectivity index (χ3n) is 3.96. The van der Waals surface area contributed by atoms with Crippen LogP contribution in [0, 0.1) is 6.92 Å². The fourth-order valence-electron chi connectivity index (χ4n) is 2.73. The van der Waals surface area contributed by atoms with Crippen LogP contribution in [0.25, 0.3) is 15.9 Å². The number of thiophene rings is 1. The van der Waals surface area contributed by atoms with Gasteiger partial charge < -0.3 is 4.74 Å². The predicted molar refractivity (Wildman–Crippen MR) is 96.5 cm³/mol. The van der Waals surface area contributed by atoms with Gasteiger partial charge in [0.2, 0.25) is 0 Å². The molecular formula is C17H13ClN4O2S. The first-order valence-corrected chi connectivity index (χ1v) is 8.72. The van der Waals surface area contributed by atoms with E-state index < -0.39 is 0 Å². The molecule has 0 N–H and O–H groups in total. The highest BCUT2D eigenvalue weighted by atomic mass is 35.5. The Labute approximate surface area is 152 Å². The average molecular weight is 373 g/mol. The molecule has 3 aromatic heterocycles. The van der Waals surface area contributed by atoms with E-state index in [1.165, 1.54) is 18.4 Å². The molecule has 0 amide bonds. The third kappa shape index (κ3) is 2.75. The van der Waals surface area contributed by atoms with Crippen molar-refractivity contribution in [3.05, 3.63) is 57.4 Å². The Bertz CT molecular complexity index is 1100. The van der Waals surface area contributed by atoms with E-state index in [4.69, 9.17) is 16.3 Å². The number of ether oxygens (including phenoxy) is 1. The van der Waals surface area contributed by atoms with Crippen LogP contribution in [0.1, 0.15) is 26.6 Å². The number of benzene rings is 1. The number of esters is 1. The highest BCUT2D eigenvalue weighted by molar-refractivity contribution is 7.20. The molecule has 0 aliphatic rings. The molecule has 0 radical (unpaired) electrons. The normalized spacial score (nSPS) is 11.3. The van der Waals surface area contributed by atoms with Crippen LogP contribution in [0.15, 0.2) is 30.6 Å². The number of fused-ring (bicyclic) bond motifs is 3. The summed E-state index contributed by atoms with van der Waals surface area (Å²) in [6, 6.07) is 7.59. The standard InChI is InChI=1S/C17H13ClN4O2S/c1-9-13-15-20-12(7-10-3-5-11(18)6-4-10)21-22(15)8-19-16(13)25-14(9)17(23)24-2/h3-6,8H,7H2,1-2H3. The van der Waals surface area contributed by atoms with Crippen molar-refractivity contribution in [1.82, 2.24) is 19.6 Å². The summed E-state index contributed by atoms with van der Waals surface area (Å²) in [5.41, 5.74) is 2.58. The second-order valence-electron chi connectivity index (χ2n) is 5.57. The lowest BCUT2D eigenvalue weighted by molar-refractivity contribution is 0.0605. The van der Waals surface area contributed by atoms with Crippen molar-refractivity contribution < 1.29 is 9.53 Å². The number of carbonyl (C=O) groups is 1. The van der Waals surface area contributed by atoms with Gasteiger partial charge in [0.15, 0.2) is 11.5 Å². The smallest absolute Gasteiger partial charge is 0.348 e. The van der Waals surface area contributed by atoms with Crippen molar-refractivity contribution in [3.63, 3.8) is 0 Å². The zero-order valence-corrected chi connectivity index (χ0v) is 15.1. The van der Waals surface area contributed by atoms with E-state index >= 15 is 0 Å². The first-order chi connectivity index (χ1) is 12.1. The van der Waals surface area contributed by atoms with Crippen LogP contribution in [0.5, 0.6) is 0 Å². The summed E-state index contributed by atoms with van der Waals surface area (Å²) in [4.78, 5) is 22.3. The van der Waals surface area contributed by atoms with Gasteiger partial charge >= 0.3 is 5.97 Å². The molecule has 0 fully saturated rings. The van der Waals surface area contributed by atoms with E-state index in [2.05, 4.69) is 15.1 Å². The molecule has 0 aliphatic carbocycles. The molecule has 25 heavy (non-hydrogen) atoms. The molecule has 126 valence electrons. The van der Waals surface area contributed by atoms with Crippen molar-refractivity contribution in [2.75, 3.05) is 7.11 Å². The molecule has 0 aliphatic heterocycles. The Hall–Kier alpha value is -2.51. The maximum atomic E-state index is 11.9. The van der Waals surface area contributed by atoms with E-state index in [0.29, 0.717) is 27.8 Å². The maximum absolute atomic E-state index is 11.9. The summed E-state index contributed by atoms with van der Waals surface area (Å²) in [5.74, 6) is 0.321. The molecule has 0 atom stereocenters. The number of methoxy groups -OCH3 is 1. The molecular weight excluding hydrogens is 360 g/mol. The van der Waals surface area contributed by atoms with Crippen molar-refractivity contribution in [1.29, 1.82) is 0 Å². The summed E-state index contributed by atoms with van der Waals surface area (Å²) in [6.45, 7) is 1.88. The predicted octanol–water partition coefficient (Wildman–Crippen LogP) is 3.68. The number of halogens is 1. The molecule has 4 aromatic rings. The van der Waals surface area contributed by atoms with Crippen molar-refractivity contribution in [3.8, 4) is 0 Å². The van der Waals surface area contributed by atoms with Crippen molar-refractivity contribution in [2.24, 2.45) is 0 Å². The monoisotopic (exact) mass is 372 g/mol. The Balaban J connectivity index is 1.82. The fourth-order valence-corrected chi connectivity index (χ4v) is 3.91. The molecule has 0 saturated heterocycles. The minimum atomic E-state index is -0.362. The van der Waals surface area contributed by atoms with E-state index in [1.54, 1.807) is 10.8 Å². The maximum Gasteiger partial charge on any atom is 0.348 e. The summed E-state index contributed by atoms with van der Waals surface area (Å²) in [6.07, 6.45) is 2.21. The lowest BCUT2D eigenvalue weighted by atomic mass is 10.1. The minimum Gasteiger partial charge on any atom is -0.465 e. The van der Waals surface area contributed by atoms with Gasteiger partial charge in [0, 0.05) is 11.4 Å². The number of aromatic nitrogens is 4. The first kappa shape index (κ1) is 16.0. The summed E-state index contributed by atoms with van der Waals surface area (Å²) in [5, 5.41) is 6.03. The van der Waals surface area contributed by atoms with Crippen LogP contribution >= 0.6 is 22.9 Å². The second-order valence-corrected chi connectivity index (χ2v) is 7.01. The number of carbonyl (C=O) groups excluding carboxylic acids is 1. The van der Waals surface area contributed by atoms with Crippen LogP contribution in [0.2, 0.25) is 5.02 Å². The Morgan fingerprint density at radius 1 is 1.32 bits per heavy atom. The van der Waals surface area contributed by atoms with Crippen LogP contribution < -0.4 is 0 Å². The van der Waals surface area contributed by atoms with Crippen molar-refractivity contribution >= 4 is 44.8 Å². The Morgan fingerprint density at radius 2 is 2.08 bits per heavy atom. The zero-order chi connectivity index (χ0) is 17.6. The average Bonchev–Trinajstić information content (AvgIpc) is 3.16. The molecule has 0 spiro atoms. The van der Waals surface area contributed by atoms with E-state index in [-0.39, 0.29) is 5.97 Å². The molecule has 3 heterocycles. The molecule has 0 unspecified atom stereocenters. The molecule has 1 aromatic carbocycles. The highest BCUT2D eigenvalue weighted by Crippen LogP contribution is 2.32. The van der Waals surface area contributed by atoms with Gasteiger partial charge in [0.25, 0.3) is 0 Å². The van der Waals surface area contributed by atoms with Gasteiger partial charge in [-0.15, -0.1) is 16.4 Å². The molecule has 4 rings (SSSR count). The van der Waals surface area contributed by atoms with Gasteiger partial charge in [-0.1, -0.05) is 23.7 Å². The lowest BCUT2D eigenvalue weighted by Crippen LogP contribution is -1.99. The highest BCUT2D eigenvalue weighted by Gasteiger charge is 2.20. The van der Waals surface area contributed by atoms with Gasteiger partial charge in [-0.2, -0.15) is 0 Å². The lowest BCUT2D eigenvalue weighted by Gasteiger charge is -1.96. The van der Waals surface area contributed by atoms with Crippen molar-refractivity contribution in [2.45, 2.75) is 13.3 Å². The topological polar surface area (TPSA) is 69.4 Å². The van der Waals surface area contributed by atoms with Gasteiger partial charge in [-0.25, -0.2) is 19.3 Å². The van der Waals surface area contributed by atoms with E-state index in [9.17, 15) is 4.79 Å². The number of nitrogens with zero attached hydrogens (tertiary/aromatic N) is 4. The van der Waals surface area contributed by atoms with Crippen LogP contribution in [-0.2, 0) is 11.2 Å². The summed E-state index contributed by atoms with van der Waals surface area (Å²) < 4.78 is 6.49. The van der Waals surface area contributed by atoms with E-state index in [0.717, 1.165) is 21.3 Å². The first-order valence-electron chi connectivity index (χ1n) is 7.53. The summed E-state index contributed by atoms with van der Waals surface area (Å²) >= 11 is 7.23. The largest absolute Gasteiger partial charge is 0.465 e. The minimum absolute atomic E-state index is 0.362. The molecule has 0 saturated carbocycles. The summed E-state index contributed by atoms with van der Waals surface area (Å²) in [7, 11) is 1.37. The number of aryl methyl sites for hydroxylation is 1. The van der Waals surface area contributed by atoms with Crippen LogP contribution in [0.4, 0.5) is 0 Å². The van der Waals surface area contributed by atoms with Gasteiger partial charge in [-0.05, 0) is 30.2 Å². The zero-order valence-electron chi connectivity index (χ0n) is 13.5. The quantitative estimate of drug-likeness (QED) is 0.513. The van der Waals surface area contributed by atoms with Crippen LogP contribution in [0.3, 0.4) is 0 Å². The molecule has 8 heteroatoms. The molecule has 0 bridgehead atoms. The SMILES string of the molecule is COC(=O)c1sc2ncn3nc(Cc4ccc(Cl)cc4)nc3c2c1C. The Kier molecular flexibility index (Phi) is 3.89. The number of hydrogen-bond donors (Lipinski definition) is 0. The third-order valence-corrected chi connectivity index (χ3v) is 5.39. The fraction of sp³-hybridized carbons (Fsp3) is 0.176. The number of rotatable bonds is 3. The van der Waals surface area contributed by atoms with Crippen LogP contribution in [-0.4, -0.2) is 32.7 Å². The van der Waals surface area contributed by atoms with Gasteiger partial charge in [0.05, 0.1) is 12.5 Å². The molecule has 6 nitrogen and oxygen atoms in total. The second kappa shape index (κ2) is 6.09. The van der Waals surface area contributed by atoms with Gasteiger partial charge in [0.1, 0.15) is 16.0 Å².